The molecule has 0 aliphatic carbocycles. The minimum Gasteiger partial charge on any atom is -0.462 e. The van der Waals surface area contributed by atoms with Crippen LogP contribution in [0.25, 0.3) is 0 Å². The lowest BCUT2D eigenvalue weighted by molar-refractivity contribution is -0.166. The van der Waals surface area contributed by atoms with Gasteiger partial charge in [-0.1, -0.05) is 240 Å². The van der Waals surface area contributed by atoms with Crippen LogP contribution in [0.15, 0.2) is 219 Å². The third-order valence-corrected chi connectivity index (χ3v) is 10.5. The van der Waals surface area contributed by atoms with Gasteiger partial charge in [-0.3, -0.25) is 14.4 Å². The number of unbranched alkanes of at least 4 members (excludes halogenated alkanes) is 1. The molecule has 0 bridgehead atoms. The lowest BCUT2D eigenvalue weighted by atomic mass is 10.2. The summed E-state index contributed by atoms with van der Waals surface area (Å²) in [6.07, 6.45) is 95.5. The van der Waals surface area contributed by atoms with Crippen LogP contribution < -0.4 is 0 Å². The van der Waals surface area contributed by atoms with Gasteiger partial charge in [-0.25, -0.2) is 0 Å². The van der Waals surface area contributed by atoms with E-state index >= 15 is 0 Å². The summed E-state index contributed by atoms with van der Waals surface area (Å²) >= 11 is 0. The van der Waals surface area contributed by atoms with Crippen molar-refractivity contribution < 1.29 is 28.6 Å². The maximum Gasteiger partial charge on any atom is 0.310 e. The van der Waals surface area contributed by atoms with Gasteiger partial charge in [0, 0.05) is 12.8 Å². The molecule has 0 N–H and O–H groups in total. The lowest BCUT2D eigenvalue weighted by Crippen LogP contribution is -2.30. The van der Waals surface area contributed by atoms with Crippen LogP contribution in [0, 0.1) is 0 Å². The van der Waals surface area contributed by atoms with E-state index in [1.165, 1.54) is 0 Å². The standard InChI is InChI=1S/C69H98O6/c1-4-7-10-13-16-19-22-25-27-28-29-30-31-32-33-34-35-36-37-38-39-40-42-44-47-50-53-56-59-62-68(71)74-65-66(64-73-67(70)61-58-55-52-49-46-43-24-21-18-15-12-9-6-3)75-69(72)63-60-57-54-51-48-45-41-26-23-20-17-14-11-8-5-2/h7-12,16-21,25-27,29-30,32-33,35-36,38-39,41-44,46,48,50-53,55,57,60,66H,4-6,13-15,22-24,28,31,34,37,40,45,47,49,54,56,58-59,61-65H2,1-3H3/b10-7-,11-8-,12-9-,19-16-,20-17-,21-18-,27-25-,30-29-,33-32-,36-35-,39-38-,41-26-,44-42-,46-43-,51-48-,53-50-,55-52-,60-57-. The van der Waals surface area contributed by atoms with E-state index in [1.54, 1.807) is 6.08 Å². The quantitative estimate of drug-likeness (QED) is 0.0262. The number of hydrogen-bond acceptors (Lipinski definition) is 6. The Hall–Kier alpha value is -6.27. The van der Waals surface area contributed by atoms with Crippen molar-refractivity contribution in [2.75, 3.05) is 13.2 Å². The molecular weight excluding hydrogens is 925 g/mol. The van der Waals surface area contributed by atoms with Crippen molar-refractivity contribution in [2.24, 2.45) is 0 Å². The van der Waals surface area contributed by atoms with Crippen molar-refractivity contribution >= 4 is 17.9 Å². The summed E-state index contributed by atoms with van der Waals surface area (Å²) in [5, 5.41) is 0. The highest BCUT2D eigenvalue weighted by molar-refractivity contribution is 5.72. The number of hydrogen-bond donors (Lipinski definition) is 0. The lowest BCUT2D eigenvalue weighted by Gasteiger charge is -2.18. The molecular formula is C69H98O6. The molecule has 0 heterocycles. The molecule has 0 fully saturated rings. The highest BCUT2D eigenvalue weighted by atomic mass is 16.6. The highest BCUT2D eigenvalue weighted by Crippen LogP contribution is 2.07. The molecule has 0 aliphatic rings. The highest BCUT2D eigenvalue weighted by Gasteiger charge is 2.19. The second-order valence-corrected chi connectivity index (χ2v) is 17.4. The average molecular weight is 1020 g/mol. The van der Waals surface area contributed by atoms with Crippen LogP contribution in [0.2, 0.25) is 0 Å². The molecule has 1 unspecified atom stereocenters. The van der Waals surface area contributed by atoms with E-state index in [4.69, 9.17) is 14.2 Å². The minimum absolute atomic E-state index is 0.0566. The summed E-state index contributed by atoms with van der Waals surface area (Å²) < 4.78 is 16.6. The Morgan fingerprint density at radius 1 is 0.280 bits per heavy atom. The van der Waals surface area contributed by atoms with Crippen molar-refractivity contribution in [3.8, 4) is 0 Å². The Kier molecular flexibility index (Phi) is 55.2. The smallest absolute Gasteiger partial charge is 0.310 e. The number of allylic oxidation sites excluding steroid dienone is 35. The predicted molar refractivity (Wildman–Crippen MR) is 324 cm³/mol. The second kappa shape index (κ2) is 60.3. The zero-order valence-electron chi connectivity index (χ0n) is 46.7. The van der Waals surface area contributed by atoms with E-state index in [9.17, 15) is 14.4 Å². The maximum absolute atomic E-state index is 12.8. The summed E-state index contributed by atoms with van der Waals surface area (Å²) in [6, 6.07) is 0. The normalized spacial score (nSPS) is 13.8. The molecule has 0 aliphatic heterocycles. The molecule has 0 saturated heterocycles. The van der Waals surface area contributed by atoms with E-state index in [-0.39, 0.29) is 38.4 Å². The molecule has 0 aromatic rings. The first-order valence-electron chi connectivity index (χ1n) is 28.2. The Morgan fingerprint density at radius 2 is 0.520 bits per heavy atom. The Balaban J connectivity index is 4.61. The van der Waals surface area contributed by atoms with Crippen LogP contribution in [-0.2, 0) is 28.6 Å². The molecule has 6 nitrogen and oxygen atoms in total. The predicted octanol–water partition coefficient (Wildman–Crippen LogP) is 19.4. The van der Waals surface area contributed by atoms with Crippen LogP contribution in [0.4, 0.5) is 0 Å². The number of ether oxygens (including phenoxy) is 3. The summed E-state index contributed by atoms with van der Waals surface area (Å²) in [4.78, 5) is 38.0. The zero-order valence-corrected chi connectivity index (χ0v) is 46.7. The van der Waals surface area contributed by atoms with Crippen molar-refractivity contribution in [3.63, 3.8) is 0 Å². The van der Waals surface area contributed by atoms with Gasteiger partial charge in [-0.2, -0.15) is 0 Å². The van der Waals surface area contributed by atoms with Gasteiger partial charge in [0.2, 0.25) is 0 Å². The summed E-state index contributed by atoms with van der Waals surface area (Å²) in [5.41, 5.74) is 0. The zero-order chi connectivity index (χ0) is 54.3. The molecule has 0 aromatic carbocycles. The van der Waals surface area contributed by atoms with Crippen molar-refractivity contribution in [1.29, 1.82) is 0 Å². The first-order valence-corrected chi connectivity index (χ1v) is 28.2. The minimum atomic E-state index is -0.899. The van der Waals surface area contributed by atoms with E-state index in [2.05, 4.69) is 215 Å². The fourth-order valence-corrected chi connectivity index (χ4v) is 6.41. The van der Waals surface area contributed by atoms with Gasteiger partial charge in [-0.05, 0) is 135 Å². The van der Waals surface area contributed by atoms with Crippen LogP contribution >= 0.6 is 0 Å². The van der Waals surface area contributed by atoms with Gasteiger partial charge < -0.3 is 14.2 Å². The molecule has 0 aromatic heterocycles. The molecule has 0 saturated carbocycles. The summed E-state index contributed by atoms with van der Waals surface area (Å²) in [6.45, 7) is 6.05. The number of esters is 3. The third kappa shape index (κ3) is 58.5. The molecule has 0 rings (SSSR count). The summed E-state index contributed by atoms with van der Waals surface area (Å²) in [7, 11) is 0. The topological polar surface area (TPSA) is 78.9 Å². The Morgan fingerprint density at radius 3 is 0.813 bits per heavy atom. The average Bonchev–Trinajstić information content (AvgIpc) is 3.41. The number of rotatable bonds is 47. The first-order chi connectivity index (χ1) is 37.0. The van der Waals surface area contributed by atoms with Crippen LogP contribution in [0.1, 0.15) is 175 Å². The monoisotopic (exact) mass is 1020 g/mol. The SMILES string of the molecule is CC/C=C\C/C=C\C/C=C\C/C=C\C/C=C\C/C=C\C/C=C\C/C=C\C/C=C\CCCC(=O)OCC(COC(=O)CC/C=C\C/C=C\C/C=C\C/C=C\CC)OC(=O)C/C=C\C/C=C\C/C=C\C/C=C\C/C=C\CC. The van der Waals surface area contributed by atoms with Crippen LogP contribution in [0.5, 0.6) is 0 Å². The molecule has 75 heavy (non-hydrogen) atoms. The molecule has 0 spiro atoms. The maximum atomic E-state index is 12.8. The third-order valence-electron chi connectivity index (χ3n) is 10.5. The van der Waals surface area contributed by atoms with E-state index < -0.39 is 18.0 Å². The van der Waals surface area contributed by atoms with Crippen LogP contribution in [0.3, 0.4) is 0 Å². The summed E-state index contributed by atoms with van der Waals surface area (Å²) in [5.74, 6) is -1.27. The number of carbonyl (C=O) groups is 3. The van der Waals surface area contributed by atoms with Gasteiger partial charge >= 0.3 is 17.9 Å². The van der Waals surface area contributed by atoms with Gasteiger partial charge in [-0.15, -0.1) is 0 Å². The largest absolute Gasteiger partial charge is 0.462 e. The van der Waals surface area contributed by atoms with Gasteiger partial charge in [0.15, 0.2) is 6.10 Å². The molecule has 1 atom stereocenters. The Bertz CT molecular complexity index is 1940. The van der Waals surface area contributed by atoms with E-state index in [0.717, 1.165) is 116 Å². The Labute approximate surface area is 457 Å². The van der Waals surface area contributed by atoms with Gasteiger partial charge in [0.25, 0.3) is 0 Å². The van der Waals surface area contributed by atoms with E-state index in [1.807, 2.05) is 18.2 Å². The van der Waals surface area contributed by atoms with Gasteiger partial charge in [0.1, 0.15) is 13.2 Å². The first kappa shape index (κ1) is 68.7. The van der Waals surface area contributed by atoms with Crippen molar-refractivity contribution in [1.82, 2.24) is 0 Å². The molecule has 0 amide bonds. The molecule has 6 heteroatoms. The fourth-order valence-electron chi connectivity index (χ4n) is 6.41. The fraction of sp³-hybridized carbons (Fsp3) is 0.435. The second-order valence-electron chi connectivity index (χ2n) is 17.4. The van der Waals surface area contributed by atoms with E-state index in [0.29, 0.717) is 19.3 Å². The van der Waals surface area contributed by atoms with Gasteiger partial charge in [0.05, 0.1) is 6.42 Å². The van der Waals surface area contributed by atoms with Crippen molar-refractivity contribution in [2.45, 2.75) is 181 Å². The van der Waals surface area contributed by atoms with Crippen LogP contribution in [-0.4, -0.2) is 37.2 Å². The van der Waals surface area contributed by atoms with Crippen molar-refractivity contribution in [3.05, 3.63) is 219 Å². The number of carbonyl (C=O) groups excluding carboxylic acids is 3. The molecule has 410 valence electrons. The molecule has 0 radical (unpaired) electrons.